The Hall–Kier alpha value is -1.56. The number of pyridine rings is 1. The fraction of sp³-hybridized carbons (Fsp3) is 0.600. The minimum Gasteiger partial charge on any atom is -0.366 e. The molecule has 2 unspecified atom stereocenters. The van der Waals surface area contributed by atoms with Gasteiger partial charge in [0, 0.05) is 11.7 Å². The summed E-state index contributed by atoms with van der Waals surface area (Å²) < 4.78 is 0. The van der Waals surface area contributed by atoms with Crippen LogP contribution < -0.4 is 5.32 Å². The Morgan fingerprint density at radius 1 is 1.28 bits per heavy atom. The van der Waals surface area contributed by atoms with Crippen LogP contribution in [0.4, 0.5) is 5.82 Å². The Morgan fingerprint density at radius 2 is 2.11 bits per heavy atom. The number of hydrogen-bond acceptors (Lipinski definition) is 3. The Labute approximate surface area is 109 Å². The van der Waals surface area contributed by atoms with Gasteiger partial charge in [-0.15, -0.1) is 0 Å². The van der Waals surface area contributed by atoms with E-state index in [-0.39, 0.29) is 0 Å². The molecular weight excluding hydrogens is 222 g/mol. The van der Waals surface area contributed by atoms with E-state index in [0.717, 1.165) is 17.4 Å². The molecule has 1 N–H and O–H groups in total. The molecule has 1 aromatic heterocycles. The number of aryl methyl sites for hydroxylation is 1. The second-order valence-electron chi connectivity index (χ2n) is 5.42. The Kier molecular flexibility index (Phi) is 4.19. The second kappa shape index (κ2) is 5.86. The summed E-state index contributed by atoms with van der Waals surface area (Å²) in [6.45, 7) is 4.29. The van der Waals surface area contributed by atoms with Crippen molar-refractivity contribution in [3.05, 3.63) is 23.4 Å². The molecule has 2 rings (SSSR count). The van der Waals surface area contributed by atoms with E-state index < -0.39 is 0 Å². The molecule has 18 heavy (non-hydrogen) atoms. The first-order chi connectivity index (χ1) is 8.69. The van der Waals surface area contributed by atoms with Crippen molar-refractivity contribution < 1.29 is 0 Å². The summed E-state index contributed by atoms with van der Waals surface area (Å²) in [6, 6.07) is 6.42. The van der Waals surface area contributed by atoms with Gasteiger partial charge in [0.15, 0.2) is 0 Å². The molecule has 3 heteroatoms. The summed E-state index contributed by atoms with van der Waals surface area (Å²) in [4.78, 5) is 4.45. The molecule has 0 spiro atoms. The van der Waals surface area contributed by atoms with Crippen LogP contribution in [0, 0.1) is 24.2 Å². The quantitative estimate of drug-likeness (QED) is 0.807. The van der Waals surface area contributed by atoms with E-state index >= 15 is 0 Å². The van der Waals surface area contributed by atoms with E-state index in [1.54, 1.807) is 0 Å². The van der Waals surface area contributed by atoms with Crippen molar-refractivity contribution in [2.45, 2.75) is 52.0 Å². The molecule has 1 aliphatic carbocycles. The van der Waals surface area contributed by atoms with Gasteiger partial charge in [0.25, 0.3) is 0 Å². The maximum Gasteiger partial charge on any atom is 0.144 e. The summed E-state index contributed by atoms with van der Waals surface area (Å²) >= 11 is 0. The first kappa shape index (κ1) is 12.9. The highest BCUT2D eigenvalue weighted by Crippen LogP contribution is 2.25. The molecule has 0 aromatic carbocycles. The molecule has 0 radical (unpaired) electrons. The van der Waals surface area contributed by atoms with Crippen LogP contribution in [0.25, 0.3) is 0 Å². The average molecular weight is 243 g/mol. The Balaban J connectivity index is 2.09. The molecule has 2 atom stereocenters. The van der Waals surface area contributed by atoms with Crippen molar-refractivity contribution in [1.82, 2.24) is 4.98 Å². The van der Waals surface area contributed by atoms with Crippen LogP contribution in [-0.4, -0.2) is 11.0 Å². The van der Waals surface area contributed by atoms with Gasteiger partial charge >= 0.3 is 0 Å². The third-order valence-corrected chi connectivity index (χ3v) is 3.75. The molecule has 0 amide bonds. The zero-order chi connectivity index (χ0) is 13.0. The third kappa shape index (κ3) is 3.22. The molecule has 0 saturated heterocycles. The van der Waals surface area contributed by atoms with Crippen molar-refractivity contribution in [3.8, 4) is 6.07 Å². The van der Waals surface area contributed by atoms with Crippen molar-refractivity contribution in [2.24, 2.45) is 5.92 Å². The minimum absolute atomic E-state index is 0.469. The minimum atomic E-state index is 0.469. The molecule has 1 aliphatic rings. The Bertz CT molecular complexity index is 448. The predicted molar refractivity (Wildman–Crippen MR) is 73.3 cm³/mol. The van der Waals surface area contributed by atoms with Crippen LogP contribution in [0.5, 0.6) is 0 Å². The number of hydrogen-bond donors (Lipinski definition) is 1. The van der Waals surface area contributed by atoms with Crippen molar-refractivity contribution in [3.63, 3.8) is 0 Å². The fourth-order valence-electron chi connectivity index (χ4n) is 2.58. The first-order valence-electron chi connectivity index (χ1n) is 6.83. The van der Waals surface area contributed by atoms with Crippen molar-refractivity contribution in [2.75, 3.05) is 5.32 Å². The van der Waals surface area contributed by atoms with E-state index in [2.05, 4.69) is 23.3 Å². The highest BCUT2D eigenvalue weighted by Gasteiger charge is 2.17. The topological polar surface area (TPSA) is 48.7 Å². The van der Waals surface area contributed by atoms with Gasteiger partial charge < -0.3 is 5.32 Å². The summed E-state index contributed by atoms with van der Waals surface area (Å²) in [5, 5.41) is 12.6. The van der Waals surface area contributed by atoms with Gasteiger partial charge in [0.1, 0.15) is 11.9 Å². The van der Waals surface area contributed by atoms with Gasteiger partial charge in [-0.05, 0) is 44.2 Å². The molecule has 0 bridgehead atoms. The monoisotopic (exact) mass is 243 g/mol. The van der Waals surface area contributed by atoms with E-state index in [1.807, 2.05) is 19.1 Å². The highest BCUT2D eigenvalue weighted by molar-refractivity contribution is 5.52. The van der Waals surface area contributed by atoms with Crippen molar-refractivity contribution >= 4 is 5.82 Å². The van der Waals surface area contributed by atoms with Gasteiger partial charge in [-0.3, -0.25) is 0 Å². The van der Waals surface area contributed by atoms with Gasteiger partial charge in [-0.2, -0.15) is 5.26 Å². The third-order valence-electron chi connectivity index (χ3n) is 3.75. The van der Waals surface area contributed by atoms with Gasteiger partial charge in [-0.1, -0.05) is 19.8 Å². The van der Waals surface area contributed by atoms with Crippen LogP contribution in [-0.2, 0) is 0 Å². The molecule has 96 valence electrons. The number of nitrogens with zero attached hydrogens (tertiary/aromatic N) is 2. The number of rotatable bonds is 2. The summed E-state index contributed by atoms with van der Waals surface area (Å²) in [5.41, 5.74) is 1.61. The molecule has 1 fully saturated rings. The van der Waals surface area contributed by atoms with Crippen LogP contribution in [0.1, 0.15) is 50.3 Å². The lowest BCUT2D eigenvalue weighted by Gasteiger charge is -2.18. The maximum atomic E-state index is 9.11. The summed E-state index contributed by atoms with van der Waals surface area (Å²) in [7, 11) is 0. The molecule has 3 nitrogen and oxygen atoms in total. The average Bonchev–Trinajstić information content (AvgIpc) is 2.55. The van der Waals surface area contributed by atoms with Crippen molar-refractivity contribution in [1.29, 1.82) is 5.26 Å². The Morgan fingerprint density at radius 3 is 2.89 bits per heavy atom. The first-order valence-corrected chi connectivity index (χ1v) is 6.83. The number of nitrogens with one attached hydrogen (secondary N) is 1. The second-order valence-corrected chi connectivity index (χ2v) is 5.42. The SMILES string of the molecule is Cc1ccc(C#N)c(NC2CCCC(C)CC2)n1. The molecular formula is C15H21N3. The standard InChI is InChI=1S/C15H21N3/c1-11-4-3-5-14(9-6-11)18-15-13(10-16)8-7-12(2)17-15/h7-8,11,14H,3-6,9H2,1-2H3,(H,17,18). The lowest BCUT2D eigenvalue weighted by atomic mass is 10.0. The lowest BCUT2D eigenvalue weighted by Crippen LogP contribution is -2.20. The van der Waals surface area contributed by atoms with Crippen LogP contribution in [0.3, 0.4) is 0 Å². The number of nitriles is 1. The van der Waals surface area contributed by atoms with E-state index in [9.17, 15) is 0 Å². The van der Waals surface area contributed by atoms with Crippen LogP contribution >= 0.6 is 0 Å². The fourth-order valence-corrected chi connectivity index (χ4v) is 2.58. The summed E-state index contributed by atoms with van der Waals surface area (Å²) in [5.74, 6) is 1.59. The van der Waals surface area contributed by atoms with Gasteiger partial charge in [-0.25, -0.2) is 4.98 Å². The highest BCUT2D eigenvalue weighted by atomic mass is 15.0. The lowest BCUT2D eigenvalue weighted by molar-refractivity contribution is 0.502. The smallest absolute Gasteiger partial charge is 0.144 e. The predicted octanol–water partition coefficient (Wildman–Crippen LogP) is 3.64. The zero-order valence-electron chi connectivity index (χ0n) is 11.2. The summed E-state index contributed by atoms with van der Waals surface area (Å²) in [6.07, 6.45) is 6.23. The van der Waals surface area contributed by atoms with Crippen LogP contribution in [0.2, 0.25) is 0 Å². The van der Waals surface area contributed by atoms with E-state index in [4.69, 9.17) is 5.26 Å². The largest absolute Gasteiger partial charge is 0.366 e. The van der Waals surface area contributed by atoms with E-state index in [0.29, 0.717) is 11.6 Å². The molecule has 1 saturated carbocycles. The number of anilines is 1. The molecule has 0 aliphatic heterocycles. The van der Waals surface area contributed by atoms with E-state index in [1.165, 1.54) is 32.1 Å². The normalized spacial score (nSPS) is 24.1. The van der Waals surface area contributed by atoms with Crippen LogP contribution in [0.15, 0.2) is 12.1 Å². The van der Waals surface area contributed by atoms with Gasteiger partial charge in [0.05, 0.1) is 5.56 Å². The number of aromatic nitrogens is 1. The zero-order valence-corrected chi connectivity index (χ0v) is 11.2. The maximum absolute atomic E-state index is 9.11. The van der Waals surface area contributed by atoms with Gasteiger partial charge in [0.2, 0.25) is 0 Å². The molecule has 1 heterocycles. The molecule has 1 aromatic rings.